The van der Waals surface area contributed by atoms with E-state index in [4.69, 9.17) is 18.4 Å². The zero-order chi connectivity index (χ0) is 9.97. The lowest BCUT2D eigenvalue weighted by atomic mass is 9.47. The molecule has 0 radical (unpaired) electrons. The van der Waals surface area contributed by atoms with Gasteiger partial charge < -0.3 is 5.73 Å². The summed E-state index contributed by atoms with van der Waals surface area (Å²) in [6.07, 6.45) is 8.26. The van der Waals surface area contributed by atoms with Crippen molar-refractivity contribution in [2.75, 3.05) is 0 Å². The highest BCUT2D eigenvalue weighted by molar-refractivity contribution is 7.81. The molecule has 0 aromatic heterocycles. The van der Waals surface area contributed by atoms with Crippen molar-refractivity contribution in [1.82, 2.24) is 0 Å². The Hall–Kier alpha value is 0.310. The molecule has 4 bridgehead atoms. The van der Waals surface area contributed by atoms with Crippen molar-refractivity contribution in [2.45, 2.75) is 56.2 Å². The molecule has 2 N–H and O–H groups in total. The van der Waals surface area contributed by atoms with Gasteiger partial charge in [-0.25, -0.2) is 0 Å². The Morgan fingerprint density at radius 3 is 2.21 bits per heavy atom. The second-order valence-corrected chi connectivity index (χ2v) is 7.29. The third-order valence-corrected chi connectivity index (χ3v) is 5.56. The maximum atomic E-state index is 6.22. The zero-order valence-corrected chi connectivity index (χ0v) is 9.89. The summed E-state index contributed by atoms with van der Waals surface area (Å²) >= 11 is 4.94. The first-order valence-electron chi connectivity index (χ1n) is 5.99. The molecule has 0 unspecified atom stereocenters. The summed E-state index contributed by atoms with van der Waals surface area (Å²) in [5, 5.41) is 0. The van der Waals surface area contributed by atoms with Crippen molar-refractivity contribution >= 4 is 12.6 Å². The van der Waals surface area contributed by atoms with Crippen LogP contribution < -0.4 is 5.73 Å². The molecule has 0 amide bonds. The molecule has 0 heterocycles. The Morgan fingerprint density at radius 2 is 1.79 bits per heavy atom. The Bertz CT molecular complexity index is 247. The number of thiol groups is 1. The first kappa shape index (κ1) is 9.53. The minimum absolute atomic E-state index is 0.359. The fourth-order valence-corrected chi connectivity index (χ4v) is 5.65. The zero-order valence-electron chi connectivity index (χ0n) is 9.00. The van der Waals surface area contributed by atoms with E-state index in [2.05, 4.69) is 6.92 Å². The van der Waals surface area contributed by atoms with Gasteiger partial charge in [0.25, 0.3) is 0 Å². The van der Waals surface area contributed by atoms with Crippen LogP contribution in [0.4, 0.5) is 0 Å². The lowest BCUT2D eigenvalue weighted by Crippen LogP contribution is -2.58. The van der Waals surface area contributed by atoms with Gasteiger partial charge in [-0.3, -0.25) is 0 Å². The summed E-state index contributed by atoms with van der Waals surface area (Å²) in [4.78, 5) is 0. The normalized spacial score (nSPS) is 57.6. The lowest BCUT2D eigenvalue weighted by molar-refractivity contribution is -0.0486. The van der Waals surface area contributed by atoms with Crippen LogP contribution in [0.2, 0.25) is 0 Å². The van der Waals surface area contributed by atoms with Crippen molar-refractivity contribution in [2.24, 2.45) is 23.0 Å². The van der Waals surface area contributed by atoms with Gasteiger partial charge in [-0.1, -0.05) is 0 Å². The van der Waals surface area contributed by atoms with E-state index in [0.717, 1.165) is 11.8 Å². The molecule has 4 rings (SSSR count). The van der Waals surface area contributed by atoms with Crippen LogP contribution in [0.5, 0.6) is 0 Å². The Kier molecular flexibility index (Phi) is 1.84. The van der Waals surface area contributed by atoms with Crippen molar-refractivity contribution in [3.8, 4) is 0 Å². The summed E-state index contributed by atoms with van der Waals surface area (Å²) in [5.74, 6) is 1.89. The first-order chi connectivity index (χ1) is 6.51. The summed E-state index contributed by atoms with van der Waals surface area (Å²) in [5.41, 5.74) is 6.68. The third-order valence-electron chi connectivity index (χ3n) is 5.04. The quantitative estimate of drug-likeness (QED) is 0.641. The van der Waals surface area contributed by atoms with Crippen LogP contribution in [-0.4, -0.2) is 10.8 Å². The summed E-state index contributed by atoms with van der Waals surface area (Å²) < 4.78 is 0.359. The van der Waals surface area contributed by atoms with E-state index < -0.39 is 0 Å². The minimum Gasteiger partial charge on any atom is -0.327 e. The second-order valence-electron chi connectivity index (χ2n) is 6.34. The van der Waals surface area contributed by atoms with Crippen molar-refractivity contribution in [3.05, 3.63) is 0 Å². The molecule has 4 saturated carbocycles. The minimum atomic E-state index is 0.359. The molecular weight excluding hydrogens is 190 g/mol. The fourth-order valence-electron chi connectivity index (χ4n) is 4.82. The van der Waals surface area contributed by atoms with E-state index >= 15 is 0 Å². The predicted molar refractivity (Wildman–Crippen MR) is 62.5 cm³/mol. The number of hydrogen-bond donors (Lipinski definition) is 2. The highest BCUT2D eigenvalue weighted by atomic mass is 32.1. The maximum Gasteiger partial charge on any atom is 0.0141 e. The molecule has 0 saturated heterocycles. The molecule has 4 fully saturated rings. The molecule has 4 aliphatic carbocycles. The summed E-state index contributed by atoms with van der Waals surface area (Å²) in [6.45, 7) is 2.21. The van der Waals surface area contributed by atoms with Gasteiger partial charge in [0.15, 0.2) is 0 Å². The molecule has 2 heteroatoms. The highest BCUT2D eigenvalue weighted by Crippen LogP contribution is 2.64. The van der Waals surface area contributed by atoms with Gasteiger partial charge in [-0.15, -0.1) is 0 Å². The molecule has 0 aromatic rings. The second kappa shape index (κ2) is 2.70. The monoisotopic (exact) mass is 211 g/mol. The summed E-state index contributed by atoms with van der Waals surface area (Å²) in [6, 6.07) is 0.375. The van der Waals surface area contributed by atoms with Gasteiger partial charge in [0, 0.05) is 10.8 Å². The predicted octanol–water partition coefficient (Wildman–Crippen LogP) is 2.60. The van der Waals surface area contributed by atoms with Crippen LogP contribution in [-0.2, 0) is 0 Å². The molecular formula is C12H21NS. The highest BCUT2D eigenvalue weighted by Gasteiger charge is 2.57. The van der Waals surface area contributed by atoms with Gasteiger partial charge in [0.1, 0.15) is 0 Å². The molecule has 14 heavy (non-hydrogen) atoms. The molecule has 0 aromatic carbocycles. The average molecular weight is 211 g/mol. The first-order valence-corrected chi connectivity index (χ1v) is 6.44. The standard InChI is InChI=1S/C12H21NS/c1-8(13)11-3-9-2-10(4-11)6-12(14,5-9)7-11/h8-10,14H,2-7,13H2,1H3/t8-,9+,10+,11?,12?/m1/s1. The third kappa shape index (κ3) is 1.19. The van der Waals surface area contributed by atoms with E-state index in [1.54, 1.807) is 0 Å². The van der Waals surface area contributed by atoms with Gasteiger partial charge >= 0.3 is 0 Å². The van der Waals surface area contributed by atoms with Gasteiger partial charge in [0.2, 0.25) is 0 Å². The molecule has 80 valence electrons. The number of hydrogen-bond acceptors (Lipinski definition) is 2. The SMILES string of the molecule is C[C@@H](N)C12C[C@@H]3C[C@H](CC(S)(C3)C1)C2. The molecule has 0 spiro atoms. The Labute approximate surface area is 92.2 Å². The fraction of sp³-hybridized carbons (Fsp3) is 1.00. The van der Waals surface area contributed by atoms with Crippen LogP contribution in [0.1, 0.15) is 45.4 Å². The number of nitrogens with two attached hydrogens (primary N) is 1. The number of rotatable bonds is 1. The van der Waals surface area contributed by atoms with Gasteiger partial charge in [-0.2, -0.15) is 12.6 Å². The van der Waals surface area contributed by atoms with Crippen LogP contribution >= 0.6 is 12.6 Å². The Balaban J connectivity index is 1.96. The van der Waals surface area contributed by atoms with E-state index in [0.29, 0.717) is 16.2 Å². The van der Waals surface area contributed by atoms with E-state index in [1.165, 1.54) is 38.5 Å². The molecule has 0 aliphatic heterocycles. The van der Waals surface area contributed by atoms with Crippen molar-refractivity contribution in [1.29, 1.82) is 0 Å². The van der Waals surface area contributed by atoms with Gasteiger partial charge in [-0.05, 0) is 62.7 Å². The van der Waals surface area contributed by atoms with Gasteiger partial charge in [0.05, 0.1) is 0 Å². The molecule has 4 aliphatic rings. The lowest BCUT2D eigenvalue weighted by Gasteiger charge is -2.62. The van der Waals surface area contributed by atoms with Crippen LogP contribution in [0.15, 0.2) is 0 Å². The van der Waals surface area contributed by atoms with E-state index in [-0.39, 0.29) is 0 Å². The van der Waals surface area contributed by atoms with Crippen LogP contribution in [0, 0.1) is 17.3 Å². The maximum absolute atomic E-state index is 6.22. The molecule has 3 atom stereocenters. The van der Waals surface area contributed by atoms with E-state index in [1.807, 2.05) is 0 Å². The van der Waals surface area contributed by atoms with Crippen LogP contribution in [0.3, 0.4) is 0 Å². The van der Waals surface area contributed by atoms with Crippen LogP contribution in [0.25, 0.3) is 0 Å². The van der Waals surface area contributed by atoms with E-state index in [9.17, 15) is 0 Å². The molecule has 1 nitrogen and oxygen atoms in total. The average Bonchev–Trinajstić information content (AvgIpc) is 1.98. The topological polar surface area (TPSA) is 26.0 Å². The summed E-state index contributed by atoms with van der Waals surface area (Å²) in [7, 11) is 0. The van der Waals surface area contributed by atoms with Crippen molar-refractivity contribution < 1.29 is 0 Å². The smallest absolute Gasteiger partial charge is 0.0141 e. The van der Waals surface area contributed by atoms with Crippen molar-refractivity contribution in [3.63, 3.8) is 0 Å². The Morgan fingerprint density at radius 1 is 1.21 bits per heavy atom. The largest absolute Gasteiger partial charge is 0.327 e.